The Bertz CT molecular complexity index is 933. The summed E-state index contributed by atoms with van der Waals surface area (Å²) in [5, 5.41) is 8.44. The summed E-state index contributed by atoms with van der Waals surface area (Å²) in [5.74, 6) is 1.50. The molecular weight excluding hydrogens is 348 g/mol. The molecule has 0 bridgehead atoms. The average molecular weight is 368 g/mol. The summed E-state index contributed by atoms with van der Waals surface area (Å²) in [6, 6.07) is 11.4. The van der Waals surface area contributed by atoms with Crippen molar-refractivity contribution in [1.82, 2.24) is 10.2 Å². The van der Waals surface area contributed by atoms with E-state index in [1.165, 1.54) is 17.3 Å². The van der Waals surface area contributed by atoms with Crippen LogP contribution in [0.25, 0.3) is 11.5 Å². The van der Waals surface area contributed by atoms with Gasteiger partial charge in [0.1, 0.15) is 5.75 Å². The number of hydrogen-bond donors (Lipinski definition) is 0. The number of carbonyl (C=O) groups is 1. The molecule has 0 radical (unpaired) electrons. The van der Waals surface area contributed by atoms with Crippen LogP contribution in [0.1, 0.15) is 27.0 Å². The van der Waals surface area contributed by atoms with Gasteiger partial charge >= 0.3 is 0 Å². The summed E-state index contributed by atoms with van der Waals surface area (Å²) in [6.45, 7) is 6.02. The van der Waals surface area contributed by atoms with Gasteiger partial charge in [-0.3, -0.25) is 4.79 Å². The monoisotopic (exact) mass is 368 g/mol. The zero-order valence-corrected chi connectivity index (χ0v) is 16.0. The minimum Gasteiger partial charge on any atom is -0.497 e. The van der Waals surface area contributed by atoms with Crippen molar-refractivity contribution < 1.29 is 13.9 Å². The van der Waals surface area contributed by atoms with Crippen molar-refractivity contribution in [3.05, 3.63) is 58.7 Å². The molecule has 3 aromatic rings. The van der Waals surface area contributed by atoms with E-state index in [4.69, 9.17) is 9.15 Å². The standard InChI is InChI=1S/C20H20N2O3S/c1-12-9-14(3)17(10-13(12)2)18(23)11-26-20-22-21-19(25-20)15-5-7-16(24-4)8-6-15/h5-10H,11H2,1-4H3. The third-order valence-corrected chi connectivity index (χ3v) is 5.03. The lowest BCUT2D eigenvalue weighted by Gasteiger charge is -2.08. The van der Waals surface area contributed by atoms with Crippen LogP contribution >= 0.6 is 11.8 Å². The molecule has 134 valence electrons. The predicted octanol–water partition coefficient (Wildman–Crippen LogP) is 4.65. The van der Waals surface area contributed by atoms with Crippen LogP contribution in [0.5, 0.6) is 5.75 Å². The average Bonchev–Trinajstić information content (AvgIpc) is 3.12. The molecular formula is C20H20N2O3S. The van der Waals surface area contributed by atoms with Crippen LogP contribution in [0.15, 0.2) is 46.0 Å². The molecule has 1 heterocycles. The third kappa shape index (κ3) is 3.96. The molecule has 0 saturated carbocycles. The Morgan fingerprint density at radius 2 is 1.73 bits per heavy atom. The lowest BCUT2D eigenvalue weighted by atomic mass is 9.99. The highest BCUT2D eigenvalue weighted by molar-refractivity contribution is 7.99. The molecule has 6 heteroatoms. The number of rotatable bonds is 6. The summed E-state index contributed by atoms with van der Waals surface area (Å²) < 4.78 is 10.8. The minimum absolute atomic E-state index is 0.0554. The summed E-state index contributed by atoms with van der Waals surface area (Å²) in [7, 11) is 1.62. The van der Waals surface area contributed by atoms with Crippen LogP contribution < -0.4 is 4.74 Å². The number of hydrogen-bond acceptors (Lipinski definition) is 6. The topological polar surface area (TPSA) is 65.2 Å². The van der Waals surface area contributed by atoms with Crippen molar-refractivity contribution >= 4 is 17.5 Å². The fourth-order valence-electron chi connectivity index (χ4n) is 2.58. The van der Waals surface area contributed by atoms with Crippen LogP contribution in [-0.2, 0) is 0 Å². The van der Waals surface area contributed by atoms with Gasteiger partial charge in [-0.1, -0.05) is 17.8 Å². The van der Waals surface area contributed by atoms with E-state index in [0.29, 0.717) is 11.1 Å². The van der Waals surface area contributed by atoms with Gasteiger partial charge in [0.25, 0.3) is 5.22 Å². The van der Waals surface area contributed by atoms with Crippen LogP contribution in [-0.4, -0.2) is 28.8 Å². The second-order valence-electron chi connectivity index (χ2n) is 6.06. The molecule has 0 fully saturated rings. The summed E-state index contributed by atoms with van der Waals surface area (Å²) in [5.41, 5.74) is 4.84. The van der Waals surface area contributed by atoms with E-state index in [1.807, 2.05) is 57.2 Å². The van der Waals surface area contributed by atoms with Gasteiger partial charge in [-0.05, 0) is 67.8 Å². The second kappa shape index (κ2) is 7.74. The number of benzene rings is 2. The molecule has 0 N–H and O–H groups in total. The highest BCUT2D eigenvalue weighted by Gasteiger charge is 2.14. The number of aromatic nitrogens is 2. The minimum atomic E-state index is 0.0554. The first kappa shape index (κ1) is 18.2. The first-order chi connectivity index (χ1) is 12.5. The van der Waals surface area contributed by atoms with E-state index < -0.39 is 0 Å². The van der Waals surface area contributed by atoms with Crippen LogP contribution in [0.3, 0.4) is 0 Å². The molecule has 0 unspecified atom stereocenters. The van der Waals surface area contributed by atoms with Crippen molar-refractivity contribution in [3.8, 4) is 17.2 Å². The van der Waals surface area contributed by atoms with Crippen molar-refractivity contribution in [3.63, 3.8) is 0 Å². The fraction of sp³-hybridized carbons (Fsp3) is 0.250. The van der Waals surface area contributed by atoms with Gasteiger partial charge in [0.15, 0.2) is 5.78 Å². The molecule has 3 rings (SSSR count). The smallest absolute Gasteiger partial charge is 0.277 e. The highest BCUT2D eigenvalue weighted by Crippen LogP contribution is 2.26. The Hall–Kier alpha value is -2.60. The van der Waals surface area contributed by atoms with Gasteiger partial charge in [-0.2, -0.15) is 0 Å². The molecule has 0 saturated heterocycles. The van der Waals surface area contributed by atoms with E-state index in [1.54, 1.807) is 7.11 Å². The fourth-order valence-corrected chi connectivity index (χ4v) is 3.23. The van der Waals surface area contributed by atoms with Gasteiger partial charge in [-0.15, -0.1) is 10.2 Å². The third-order valence-electron chi connectivity index (χ3n) is 4.21. The Labute approximate surface area is 156 Å². The van der Waals surface area contributed by atoms with Crippen molar-refractivity contribution in [1.29, 1.82) is 0 Å². The molecule has 0 amide bonds. The number of carbonyl (C=O) groups excluding carboxylic acids is 1. The zero-order valence-electron chi connectivity index (χ0n) is 15.2. The van der Waals surface area contributed by atoms with E-state index in [0.717, 1.165) is 28.0 Å². The predicted molar refractivity (Wildman–Crippen MR) is 102 cm³/mol. The molecule has 0 aliphatic carbocycles. The van der Waals surface area contributed by atoms with Gasteiger partial charge in [0.2, 0.25) is 5.89 Å². The van der Waals surface area contributed by atoms with Gasteiger partial charge in [-0.25, -0.2) is 0 Å². The van der Waals surface area contributed by atoms with E-state index in [9.17, 15) is 4.79 Å². The quantitative estimate of drug-likeness (QED) is 0.466. The van der Waals surface area contributed by atoms with Gasteiger partial charge in [0, 0.05) is 11.1 Å². The number of methoxy groups -OCH3 is 1. The van der Waals surface area contributed by atoms with Crippen molar-refractivity contribution in [2.24, 2.45) is 0 Å². The molecule has 5 nitrogen and oxygen atoms in total. The molecule has 0 aliphatic heterocycles. The number of ether oxygens (including phenoxy) is 1. The summed E-state index contributed by atoms with van der Waals surface area (Å²) >= 11 is 1.25. The Balaban J connectivity index is 1.68. The van der Waals surface area contributed by atoms with Crippen LogP contribution in [0.2, 0.25) is 0 Å². The summed E-state index contributed by atoms with van der Waals surface area (Å²) in [6.07, 6.45) is 0. The van der Waals surface area contributed by atoms with Gasteiger partial charge in [0.05, 0.1) is 12.9 Å². The largest absolute Gasteiger partial charge is 0.497 e. The number of nitrogens with zero attached hydrogens (tertiary/aromatic N) is 2. The maximum absolute atomic E-state index is 12.5. The molecule has 0 spiro atoms. The maximum atomic E-state index is 12.5. The number of ketones is 1. The lowest BCUT2D eigenvalue weighted by molar-refractivity contribution is 0.102. The van der Waals surface area contributed by atoms with Crippen molar-refractivity contribution in [2.45, 2.75) is 26.0 Å². The first-order valence-electron chi connectivity index (χ1n) is 8.19. The molecule has 1 aromatic heterocycles. The SMILES string of the molecule is COc1ccc(-c2nnc(SCC(=O)c3cc(C)c(C)cc3C)o2)cc1. The lowest BCUT2D eigenvalue weighted by Crippen LogP contribution is -2.06. The van der Waals surface area contributed by atoms with E-state index in [2.05, 4.69) is 10.2 Å². The van der Waals surface area contributed by atoms with Crippen LogP contribution in [0.4, 0.5) is 0 Å². The molecule has 26 heavy (non-hydrogen) atoms. The summed E-state index contributed by atoms with van der Waals surface area (Å²) in [4.78, 5) is 12.5. The second-order valence-corrected chi connectivity index (χ2v) is 6.99. The number of thioether (sulfide) groups is 1. The zero-order chi connectivity index (χ0) is 18.7. The Morgan fingerprint density at radius 1 is 1.04 bits per heavy atom. The Kier molecular flexibility index (Phi) is 5.42. The molecule has 0 atom stereocenters. The number of Topliss-reactive ketones (excluding diaryl/α,β-unsaturated/α-hetero) is 1. The van der Waals surface area contributed by atoms with E-state index >= 15 is 0 Å². The first-order valence-corrected chi connectivity index (χ1v) is 9.18. The maximum Gasteiger partial charge on any atom is 0.277 e. The highest BCUT2D eigenvalue weighted by atomic mass is 32.2. The van der Waals surface area contributed by atoms with Crippen molar-refractivity contribution in [2.75, 3.05) is 12.9 Å². The molecule has 0 aliphatic rings. The van der Waals surface area contributed by atoms with E-state index in [-0.39, 0.29) is 11.5 Å². The van der Waals surface area contributed by atoms with Gasteiger partial charge < -0.3 is 9.15 Å². The molecule has 2 aromatic carbocycles. The Morgan fingerprint density at radius 3 is 2.42 bits per heavy atom. The number of aryl methyl sites for hydroxylation is 3. The normalized spacial score (nSPS) is 10.8. The van der Waals surface area contributed by atoms with Crippen LogP contribution in [0, 0.1) is 20.8 Å².